The van der Waals surface area contributed by atoms with Crippen LogP contribution in [0.15, 0.2) is 36.7 Å². The van der Waals surface area contributed by atoms with Gasteiger partial charge in [0, 0.05) is 44.1 Å². The van der Waals surface area contributed by atoms with Crippen LogP contribution in [0.5, 0.6) is 0 Å². The van der Waals surface area contributed by atoms with Crippen LogP contribution in [0.25, 0.3) is 0 Å². The van der Waals surface area contributed by atoms with Crippen molar-refractivity contribution >= 4 is 52.1 Å². The molecule has 0 atom stereocenters. The summed E-state index contributed by atoms with van der Waals surface area (Å²) in [5, 5.41) is 4.29. The zero-order chi connectivity index (χ0) is 18.7. The number of thiocarbonyl (C=S) groups is 1. The number of aromatic nitrogens is 1. The lowest BCUT2D eigenvalue weighted by Gasteiger charge is -2.37. The molecule has 1 N–H and O–H groups in total. The average molecular weight is 409 g/mol. The number of pyridine rings is 1. The molecular formula is C18H18Cl2N4OS. The number of halogens is 2. The highest BCUT2D eigenvalue weighted by molar-refractivity contribution is 7.80. The summed E-state index contributed by atoms with van der Waals surface area (Å²) >= 11 is 17.8. The van der Waals surface area contributed by atoms with E-state index in [9.17, 15) is 4.79 Å². The fourth-order valence-corrected chi connectivity index (χ4v) is 3.67. The van der Waals surface area contributed by atoms with Crippen LogP contribution < -0.4 is 10.2 Å². The summed E-state index contributed by atoms with van der Waals surface area (Å²) in [6, 6.07) is 7.38. The van der Waals surface area contributed by atoms with E-state index >= 15 is 0 Å². The quantitative estimate of drug-likeness (QED) is 0.770. The summed E-state index contributed by atoms with van der Waals surface area (Å²) in [5.41, 5.74) is 2.48. The summed E-state index contributed by atoms with van der Waals surface area (Å²) in [6.07, 6.45) is 3.17. The third-order valence-electron chi connectivity index (χ3n) is 4.25. The molecule has 0 bridgehead atoms. The molecular weight excluding hydrogens is 391 g/mol. The predicted molar refractivity (Wildman–Crippen MR) is 109 cm³/mol. The molecule has 1 aromatic heterocycles. The van der Waals surface area contributed by atoms with Crippen LogP contribution in [0.3, 0.4) is 0 Å². The molecule has 0 unspecified atom stereocenters. The number of anilines is 1. The molecule has 2 aromatic rings. The van der Waals surface area contributed by atoms with Crippen molar-refractivity contribution in [3.8, 4) is 0 Å². The Morgan fingerprint density at radius 3 is 2.23 bits per heavy atom. The molecule has 1 fully saturated rings. The lowest BCUT2D eigenvalue weighted by molar-refractivity contribution is 0.0973. The van der Waals surface area contributed by atoms with Gasteiger partial charge in [-0.1, -0.05) is 40.9 Å². The van der Waals surface area contributed by atoms with Crippen LogP contribution in [0.4, 0.5) is 5.69 Å². The highest BCUT2D eigenvalue weighted by Crippen LogP contribution is 2.33. The number of carbonyl (C=O) groups excluding carboxylic acids is 1. The van der Waals surface area contributed by atoms with Crippen LogP contribution in [0, 0.1) is 6.92 Å². The minimum atomic E-state index is -0.197. The van der Waals surface area contributed by atoms with Crippen LogP contribution in [-0.2, 0) is 0 Å². The standard InChI is InChI=1S/C18H18Cl2N4OS/c1-12-2-4-13(5-3-12)17(25)22-18(26)24-8-6-23(7-9-24)16-14(19)10-21-11-15(16)20/h2-5,10-11H,6-9H2,1H3,(H,22,25,26). The Morgan fingerprint density at radius 1 is 1.08 bits per heavy atom. The summed E-state index contributed by atoms with van der Waals surface area (Å²) in [4.78, 5) is 20.4. The summed E-state index contributed by atoms with van der Waals surface area (Å²) in [6.45, 7) is 4.71. The molecule has 136 valence electrons. The number of amides is 1. The smallest absolute Gasteiger partial charge is 0.257 e. The van der Waals surface area contributed by atoms with E-state index in [0.29, 0.717) is 46.9 Å². The maximum atomic E-state index is 12.3. The van der Waals surface area contributed by atoms with Crippen molar-refractivity contribution in [1.29, 1.82) is 0 Å². The summed E-state index contributed by atoms with van der Waals surface area (Å²) in [5.74, 6) is -0.197. The number of benzene rings is 1. The topological polar surface area (TPSA) is 48.5 Å². The first kappa shape index (κ1) is 18.9. The Hall–Kier alpha value is -1.89. The van der Waals surface area contributed by atoms with Crippen molar-refractivity contribution in [2.24, 2.45) is 0 Å². The van der Waals surface area contributed by atoms with Gasteiger partial charge in [0.15, 0.2) is 5.11 Å². The molecule has 1 saturated heterocycles. The maximum absolute atomic E-state index is 12.3. The highest BCUT2D eigenvalue weighted by atomic mass is 35.5. The molecule has 0 saturated carbocycles. The largest absolute Gasteiger partial charge is 0.365 e. The highest BCUT2D eigenvalue weighted by Gasteiger charge is 2.23. The molecule has 5 nitrogen and oxygen atoms in total. The zero-order valence-corrected chi connectivity index (χ0v) is 16.5. The first-order valence-electron chi connectivity index (χ1n) is 8.16. The van der Waals surface area contributed by atoms with E-state index in [1.807, 2.05) is 24.0 Å². The molecule has 0 aliphatic carbocycles. The zero-order valence-electron chi connectivity index (χ0n) is 14.2. The molecule has 2 heterocycles. The number of hydrogen-bond donors (Lipinski definition) is 1. The lowest BCUT2D eigenvalue weighted by Crippen LogP contribution is -2.52. The SMILES string of the molecule is Cc1ccc(C(=O)NC(=S)N2CCN(c3c(Cl)cncc3Cl)CC2)cc1. The monoisotopic (exact) mass is 408 g/mol. The van der Waals surface area contributed by atoms with Gasteiger partial charge >= 0.3 is 0 Å². The van der Waals surface area contributed by atoms with E-state index in [1.54, 1.807) is 24.5 Å². The number of carbonyl (C=O) groups is 1. The van der Waals surface area contributed by atoms with Crippen molar-refractivity contribution < 1.29 is 4.79 Å². The second-order valence-corrected chi connectivity index (χ2v) is 7.25. The summed E-state index contributed by atoms with van der Waals surface area (Å²) < 4.78 is 0. The third kappa shape index (κ3) is 4.26. The second-order valence-electron chi connectivity index (χ2n) is 6.05. The van der Waals surface area contributed by atoms with Crippen molar-refractivity contribution in [2.75, 3.05) is 31.1 Å². The number of aryl methyl sites for hydroxylation is 1. The van der Waals surface area contributed by atoms with E-state index in [1.165, 1.54) is 0 Å². The second kappa shape index (κ2) is 8.20. The molecule has 1 aromatic carbocycles. The first-order valence-corrected chi connectivity index (χ1v) is 9.33. The van der Waals surface area contributed by atoms with E-state index in [4.69, 9.17) is 35.4 Å². The van der Waals surface area contributed by atoms with E-state index < -0.39 is 0 Å². The van der Waals surface area contributed by atoms with Gasteiger partial charge in [0.25, 0.3) is 5.91 Å². The summed E-state index contributed by atoms with van der Waals surface area (Å²) in [7, 11) is 0. The number of nitrogens with zero attached hydrogens (tertiary/aromatic N) is 3. The minimum absolute atomic E-state index is 0.197. The molecule has 3 rings (SSSR count). The fraction of sp³-hybridized carbons (Fsp3) is 0.278. The number of nitrogens with one attached hydrogen (secondary N) is 1. The molecule has 1 aliphatic heterocycles. The average Bonchev–Trinajstić information content (AvgIpc) is 2.62. The first-order chi connectivity index (χ1) is 12.5. The Kier molecular flexibility index (Phi) is 5.96. The van der Waals surface area contributed by atoms with Crippen LogP contribution in [0.2, 0.25) is 10.0 Å². The van der Waals surface area contributed by atoms with Gasteiger partial charge in [0.05, 0.1) is 15.7 Å². The van der Waals surface area contributed by atoms with E-state index in [0.717, 1.165) is 11.3 Å². The van der Waals surface area contributed by atoms with Gasteiger partial charge in [0.2, 0.25) is 0 Å². The fourth-order valence-electron chi connectivity index (χ4n) is 2.79. The van der Waals surface area contributed by atoms with Gasteiger partial charge in [-0.2, -0.15) is 0 Å². The van der Waals surface area contributed by atoms with Crippen molar-refractivity contribution in [3.05, 3.63) is 57.8 Å². The van der Waals surface area contributed by atoms with Gasteiger partial charge in [-0.3, -0.25) is 15.1 Å². The lowest BCUT2D eigenvalue weighted by atomic mass is 10.1. The van der Waals surface area contributed by atoms with Crippen molar-refractivity contribution in [3.63, 3.8) is 0 Å². The Balaban J connectivity index is 1.58. The normalized spacial score (nSPS) is 14.3. The van der Waals surface area contributed by atoms with Gasteiger partial charge < -0.3 is 9.80 Å². The molecule has 0 radical (unpaired) electrons. The van der Waals surface area contributed by atoms with Gasteiger partial charge in [-0.25, -0.2) is 0 Å². The Labute approximate surface area is 167 Å². The van der Waals surface area contributed by atoms with Gasteiger partial charge in [0.1, 0.15) is 0 Å². The van der Waals surface area contributed by atoms with Crippen LogP contribution in [0.1, 0.15) is 15.9 Å². The molecule has 1 aliphatic rings. The predicted octanol–water partition coefficient (Wildman–Crippen LogP) is 3.53. The van der Waals surface area contributed by atoms with E-state index in [2.05, 4.69) is 15.2 Å². The number of hydrogen-bond acceptors (Lipinski definition) is 4. The molecule has 1 amide bonds. The molecule has 0 spiro atoms. The molecule has 26 heavy (non-hydrogen) atoms. The molecule has 8 heteroatoms. The van der Waals surface area contributed by atoms with Gasteiger partial charge in [-0.15, -0.1) is 0 Å². The van der Waals surface area contributed by atoms with Crippen LogP contribution in [-0.4, -0.2) is 47.1 Å². The number of rotatable bonds is 2. The van der Waals surface area contributed by atoms with Crippen molar-refractivity contribution in [1.82, 2.24) is 15.2 Å². The van der Waals surface area contributed by atoms with E-state index in [-0.39, 0.29) is 5.91 Å². The third-order valence-corrected chi connectivity index (χ3v) is 5.16. The van der Waals surface area contributed by atoms with Gasteiger partial charge in [-0.05, 0) is 31.3 Å². The Bertz CT molecular complexity index is 800. The minimum Gasteiger partial charge on any atom is -0.365 e. The van der Waals surface area contributed by atoms with Crippen LogP contribution >= 0.6 is 35.4 Å². The Morgan fingerprint density at radius 2 is 1.65 bits per heavy atom. The number of piperazine rings is 1. The van der Waals surface area contributed by atoms with Crippen molar-refractivity contribution in [2.45, 2.75) is 6.92 Å². The maximum Gasteiger partial charge on any atom is 0.257 e.